The third-order valence-corrected chi connectivity index (χ3v) is 1.93. The molecule has 1 aromatic rings. The number of nitrogens with zero attached hydrogens (tertiary/aromatic N) is 1. The van der Waals surface area contributed by atoms with Crippen molar-refractivity contribution < 1.29 is 0 Å². The highest BCUT2D eigenvalue weighted by molar-refractivity contribution is 5.40. The molecule has 0 amide bonds. The molecule has 0 fully saturated rings. The number of nitrogens with two attached hydrogens (primary N) is 1. The van der Waals surface area contributed by atoms with Gasteiger partial charge in [0.15, 0.2) is 0 Å². The Labute approximate surface area is 79.0 Å². The standard InChI is InChI=1S/C11H14N2/c1-8-3-4-10(6-9(2)13)11(5-8)7-12/h3-5,9H,6,13H2,1-2H3/t9-/m1/s1. The minimum Gasteiger partial charge on any atom is -0.328 e. The van der Waals surface area contributed by atoms with Crippen LogP contribution in [0.15, 0.2) is 18.2 Å². The first-order valence-electron chi connectivity index (χ1n) is 4.38. The summed E-state index contributed by atoms with van der Waals surface area (Å²) in [6, 6.07) is 8.19. The number of benzene rings is 1. The van der Waals surface area contributed by atoms with E-state index in [2.05, 4.69) is 6.07 Å². The molecule has 0 saturated carbocycles. The van der Waals surface area contributed by atoms with Crippen LogP contribution in [0.4, 0.5) is 0 Å². The lowest BCUT2D eigenvalue weighted by Gasteiger charge is -2.07. The van der Waals surface area contributed by atoms with E-state index in [1.165, 1.54) is 0 Å². The minimum absolute atomic E-state index is 0.106. The summed E-state index contributed by atoms with van der Waals surface area (Å²) in [6.07, 6.45) is 0.767. The van der Waals surface area contributed by atoms with Crippen LogP contribution < -0.4 is 5.73 Å². The Kier molecular flexibility index (Phi) is 3.05. The molecule has 1 atom stereocenters. The van der Waals surface area contributed by atoms with Crippen LogP contribution in [0.25, 0.3) is 0 Å². The molecular weight excluding hydrogens is 160 g/mol. The summed E-state index contributed by atoms with van der Waals surface area (Å²) in [6.45, 7) is 3.93. The number of aryl methyl sites for hydroxylation is 1. The van der Waals surface area contributed by atoms with Crippen LogP contribution in [-0.4, -0.2) is 6.04 Å². The molecule has 0 aliphatic rings. The number of hydrogen-bond donors (Lipinski definition) is 1. The van der Waals surface area contributed by atoms with E-state index in [4.69, 9.17) is 11.0 Å². The molecule has 0 radical (unpaired) electrons. The Morgan fingerprint density at radius 1 is 1.54 bits per heavy atom. The van der Waals surface area contributed by atoms with Gasteiger partial charge in [0.1, 0.15) is 0 Å². The second-order valence-corrected chi connectivity index (χ2v) is 3.45. The Bertz CT molecular complexity index is 334. The quantitative estimate of drug-likeness (QED) is 0.742. The second kappa shape index (κ2) is 4.06. The Morgan fingerprint density at radius 3 is 2.77 bits per heavy atom. The van der Waals surface area contributed by atoms with Crippen molar-refractivity contribution in [3.05, 3.63) is 34.9 Å². The van der Waals surface area contributed by atoms with Crippen LogP contribution >= 0.6 is 0 Å². The van der Waals surface area contributed by atoms with E-state index in [0.717, 1.165) is 23.1 Å². The van der Waals surface area contributed by atoms with Gasteiger partial charge in [-0.05, 0) is 37.5 Å². The normalized spacial score (nSPS) is 12.2. The van der Waals surface area contributed by atoms with Crippen molar-refractivity contribution in [3.8, 4) is 6.07 Å². The molecule has 1 rings (SSSR count). The summed E-state index contributed by atoms with van der Waals surface area (Å²) in [5.74, 6) is 0. The average Bonchev–Trinajstić information content (AvgIpc) is 2.07. The maximum absolute atomic E-state index is 8.86. The Hall–Kier alpha value is -1.33. The van der Waals surface area contributed by atoms with Gasteiger partial charge in [0.25, 0.3) is 0 Å². The second-order valence-electron chi connectivity index (χ2n) is 3.45. The Morgan fingerprint density at radius 2 is 2.23 bits per heavy atom. The highest BCUT2D eigenvalue weighted by atomic mass is 14.6. The third-order valence-electron chi connectivity index (χ3n) is 1.93. The van der Waals surface area contributed by atoms with Gasteiger partial charge in [-0.15, -0.1) is 0 Å². The van der Waals surface area contributed by atoms with Gasteiger partial charge in [0.05, 0.1) is 11.6 Å². The summed E-state index contributed by atoms with van der Waals surface area (Å²) >= 11 is 0. The van der Waals surface area contributed by atoms with Crippen molar-refractivity contribution in [2.45, 2.75) is 26.3 Å². The maximum Gasteiger partial charge on any atom is 0.0994 e. The van der Waals surface area contributed by atoms with Crippen LogP contribution in [0, 0.1) is 18.3 Å². The van der Waals surface area contributed by atoms with Crippen molar-refractivity contribution in [2.75, 3.05) is 0 Å². The smallest absolute Gasteiger partial charge is 0.0994 e. The van der Waals surface area contributed by atoms with Crippen molar-refractivity contribution >= 4 is 0 Å². The first-order chi connectivity index (χ1) is 6.13. The van der Waals surface area contributed by atoms with E-state index in [9.17, 15) is 0 Å². The van der Waals surface area contributed by atoms with Crippen LogP contribution in [-0.2, 0) is 6.42 Å². The molecule has 68 valence electrons. The van der Waals surface area contributed by atoms with Gasteiger partial charge in [0, 0.05) is 6.04 Å². The zero-order valence-corrected chi connectivity index (χ0v) is 8.04. The lowest BCUT2D eigenvalue weighted by molar-refractivity contribution is 0.736. The largest absolute Gasteiger partial charge is 0.328 e. The van der Waals surface area contributed by atoms with Gasteiger partial charge in [0.2, 0.25) is 0 Å². The molecule has 0 heterocycles. The lowest BCUT2D eigenvalue weighted by Crippen LogP contribution is -2.18. The van der Waals surface area contributed by atoms with Crippen LogP contribution in [0.1, 0.15) is 23.6 Å². The van der Waals surface area contributed by atoms with Gasteiger partial charge in [-0.2, -0.15) is 5.26 Å². The first kappa shape index (κ1) is 9.76. The maximum atomic E-state index is 8.86. The molecule has 2 N–H and O–H groups in total. The van der Waals surface area contributed by atoms with E-state index >= 15 is 0 Å². The first-order valence-corrected chi connectivity index (χ1v) is 4.38. The van der Waals surface area contributed by atoms with Crippen LogP contribution in [0.5, 0.6) is 0 Å². The van der Waals surface area contributed by atoms with Gasteiger partial charge in [-0.25, -0.2) is 0 Å². The van der Waals surface area contributed by atoms with E-state index < -0.39 is 0 Å². The zero-order valence-electron chi connectivity index (χ0n) is 8.04. The fraction of sp³-hybridized carbons (Fsp3) is 0.364. The summed E-state index contributed by atoms with van der Waals surface area (Å²) in [5.41, 5.74) is 8.58. The molecule has 0 aliphatic heterocycles. The molecule has 0 saturated heterocycles. The van der Waals surface area contributed by atoms with E-state index in [1.54, 1.807) is 0 Å². The summed E-state index contributed by atoms with van der Waals surface area (Å²) in [4.78, 5) is 0. The number of hydrogen-bond acceptors (Lipinski definition) is 2. The van der Waals surface area contributed by atoms with Gasteiger partial charge in [-0.3, -0.25) is 0 Å². The van der Waals surface area contributed by atoms with E-state index in [1.807, 2.05) is 32.0 Å². The van der Waals surface area contributed by atoms with Crippen LogP contribution in [0.3, 0.4) is 0 Å². The molecule has 1 aromatic carbocycles. The average molecular weight is 174 g/mol. The monoisotopic (exact) mass is 174 g/mol. The topological polar surface area (TPSA) is 49.8 Å². The fourth-order valence-corrected chi connectivity index (χ4v) is 1.32. The van der Waals surface area contributed by atoms with Crippen molar-refractivity contribution in [2.24, 2.45) is 5.73 Å². The highest BCUT2D eigenvalue weighted by Gasteiger charge is 2.03. The molecular formula is C11H14N2. The Balaban J connectivity index is 3.01. The van der Waals surface area contributed by atoms with Gasteiger partial charge >= 0.3 is 0 Å². The van der Waals surface area contributed by atoms with Crippen LogP contribution in [0.2, 0.25) is 0 Å². The molecule has 2 heteroatoms. The predicted octanol–water partition coefficient (Wildman–Crippen LogP) is 1.76. The number of rotatable bonds is 2. The third kappa shape index (κ3) is 2.57. The lowest BCUT2D eigenvalue weighted by atomic mass is 10.0. The zero-order chi connectivity index (χ0) is 9.84. The van der Waals surface area contributed by atoms with E-state index in [-0.39, 0.29) is 6.04 Å². The molecule has 0 aromatic heterocycles. The molecule has 2 nitrogen and oxygen atoms in total. The SMILES string of the molecule is Cc1ccc(C[C@@H](C)N)c(C#N)c1. The molecule has 13 heavy (non-hydrogen) atoms. The van der Waals surface area contributed by atoms with E-state index in [0.29, 0.717) is 0 Å². The molecule has 0 unspecified atom stereocenters. The summed E-state index contributed by atoms with van der Waals surface area (Å²) in [7, 11) is 0. The molecule has 0 bridgehead atoms. The highest BCUT2D eigenvalue weighted by Crippen LogP contribution is 2.12. The predicted molar refractivity (Wildman–Crippen MR) is 53.2 cm³/mol. The van der Waals surface area contributed by atoms with Gasteiger partial charge in [-0.1, -0.05) is 12.1 Å². The van der Waals surface area contributed by atoms with Crippen molar-refractivity contribution in [1.29, 1.82) is 5.26 Å². The molecule has 0 aliphatic carbocycles. The molecule has 0 spiro atoms. The summed E-state index contributed by atoms with van der Waals surface area (Å²) < 4.78 is 0. The fourth-order valence-electron chi connectivity index (χ4n) is 1.32. The summed E-state index contributed by atoms with van der Waals surface area (Å²) in [5, 5.41) is 8.86. The van der Waals surface area contributed by atoms with Crippen molar-refractivity contribution in [3.63, 3.8) is 0 Å². The number of nitriles is 1. The van der Waals surface area contributed by atoms with Crippen molar-refractivity contribution in [1.82, 2.24) is 0 Å². The minimum atomic E-state index is 0.106. The van der Waals surface area contributed by atoms with Gasteiger partial charge < -0.3 is 5.73 Å².